The number of carbonyl (C=O) groups excluding carboxylic acids is 1. The maximum atomic E-state index is 12.2. The van der Waals surface area contributed by atoms with Gasteiger partial charge in [0.2, 0.25) is 5.91 Å². The molecule has 0 atom stereocenters. The predicted molar refractivity (Wildman–Crippen MR) is 138 cm³/mol. The average molecular weight is 480 g/mol. The third-order valence-electron chi connectivity index (χ3n) is 6.61. The fourth-order valence-electron chi connectivity index (χ4n) is 4.58. The van der Waals surface area contributed by atoms with E-state index in [1.165, 1.54) is 0 Å². The molecule has 0 fully saturated rings. The third kappa shape index (κ3) is 3.82. The van der Waals surface area contributed by atoms with Crippen molar-refractivity contribution in [3.63, 3.8) is 0 Å². The summed E-state index contributed by atoms with van der Waals surface area (Å²) >= 11 is 0. The number of nitrogens with one attached hydrogen (secondary N) is 1. The maximum absolute atomic E-state index is 12.2. The van der Waals surface area contributed by atoms with Gasteiger partial charge in [-0.25, -0.2) is 14.6 Å². The van der Waals surface area contributed by atoms with Crippen LogP contribution in [0.15, 0.2) is 61.1 Å². The third-order valence-corrected chi connectivity index (χ3v) is 6.61. The second kappa shape index (κ2) is 8.49. The lowest BCUT2D eigenvalue weighted by Gasteiger charge is -2.13. The van der Waals surface area contributed by atoms with E-state index in [1.54, 1.807) is 22.0 Å². The highest BCUT2D eigenvalue weighted by Crippen LogP contribution is 2.31. The van der Waals surface area contributed by atoms with E-state index < -0.39 is 0 Å². The molecule has 10 heteroatoms. The van der Waals surface area contributed by atoms with Crippen molar-refractivity contribution in [2.75, 3.05) is 24.6 Å². The van der Waals surface area contributed by atoms with Crippen LogP contribution in [-0.2, 0) is 17.8 Å². The molecule has 5 aromatic rings. The van der Waals surface area contributed by atoms with Gasteiger partial charge >= 0.3 is 0 Å². The molecule has 1 aromatic carbocycles. The zero-order valence-electron chi connectivity index (χ0n) is 20.0. The first kappa shape index (κ1) is 21.8. The van der Waals surface area contributed by atoms with E-state index in [2.05, 4.69) is 32.4 Å². The standard InChI is InChI=1S/C26H25N9O/c1-16-19(5-3-6-22(16)34-9-4-8-29-34)21-11-17-12-23(28-14-20(17)26(27)30-21)31-24-13-18-7-10-33(2)25(36)15-35(18)32-24/h3-6,8-9,11-14H,7,10,15H2,1-2H3,(H2,27,30)(H,28,31,32). The van der Waals surface area contributed by atoms with Gasteiger partial charge in [-0.1, -0.05) is 12.1 Å². The number of rotatable bonds is 4. The predicted octanol–water partition coefficient (Wildman–Crippen LogP) is 3.33. The highest BCUT2D eigenvalue weighted by Gasteiger charge is 2.19. The normalized spacial score (nSPS) is 13.6. The molecule has 0 aliphatic carbocycles. The number of fused-ring (bicyclic) bond motifs is 2. The molecular formula is C26H25N9O. The second-order valence-corrected chi connectivity index (χ2v) is 8.95. The Labute approximate surface area is 207 Å². The minimum absolute atomic E-state index is 0.0506. The number of aromatic nitrogens is 6. The van der Waals surface area contributed by atoms with E-state index >= 15 is 0 Å². The largest absolute Gasteiger partial charge is 0.383 e. The zero-order valence-corrected chi connectivity index (χ0v) is 20.0. The van der Waals surface area contributed by atoms with E-state index in [0.29, 0.717) is 24.0 Å². The molecule has 6 rings (SSSR count). The van der Waals surface area contributed by atoms with Crippen molar-refractivity contribution in [3.05, 3.63) is 72.3 Å². The summed E-state index contributed by atoms with van der Waals surface area (Å²) in [5, 5.41) is 13.9. The van der Waals surface area contributed by atoms with Crippen LogP contribution < -0.4 is 11.1 Å². The summed E-state index contributed by atoms with van der Waals surface area (Å²) in [5.41, 5.74) is 11.2. The first-order chi connectivity index (χ1) is 17.5. The van der Waals surface area contributed by atoms with Gasteiger partial charge in [0.05, 0.1) is 11.4 Å². The summed E-state index contributed by atoms with van der Waals surface area (Å²) in [6.07, 6.45) is 6.15. The molecule has 0 saturated carbocycles. The topological polar surface area (TPSA) is 120 Å². The molecule has 0 spiro atoms. The van der Waals surface area contributed by atoms with Gasteiger partial charge in [-0.15, -0.1) is 0 Å². The van der Waals surface area contributed by atoms with Crippen LogP contribution in [0.2, 0.25) is 0 Å². The van der Waals surface area contributed by atoms with Crippen LogP contribution in [0.5, 0.6) is 0 Å². The lowest BCUT2D eigenvalue weighted by molar-refractivity contribution is -0.130. The Morgan fingerprint density at radius 3 is 2.83 bits per heavy atom. The van der Waals surface area contributed by atoms with E-state index in [0.717, 1.165) is 45.4 Å². The van der Waals surface area contributed by atoms with E-state index in [4.69, 9.17) is 5.73 Å². The van der Waals surface area contributed by atoms with Crippen molar-refractivity contribution in [1.29, 1.82) is 0 Å². The van der Waals surface area contributed by atoms with Gasteiger partial charge in [0, 0.05) is 61.3 Å². The summed E-state index contributed by atoms with van der Waals surface area (Å²) < 4.78 is 3.60. The number of amides is 1. The molecule has 1 aliphatic rings. The molecule has 1 amide bonds. The SMILES string of the molecule is Cc1c(-c2cc3cc(Nc4cc5n(n4)CC(=O)N(C)CC5)ncc3c(N)n2)cccc1-n1cccn1. The number of hydrogen-bond acceptors (Lipinski definition) is 7. The Bertz CT molecular complexity index is 1600. The number of anilines is 3. The number of benzene rings is 1. The van der Waals surface area contributed by atoms with Gasteiger partial charge in [-0.2, -0.15) is 10.2 Å². The van der Waals surface area contributed by atoms with Crippen molar-refractivity contribution in [2.24, 2.45) is 0 Å². The summed E-state index contributed by atoms with van der Waals surface area (Å²) in [7, 11) is 1.82. The fraction of sp³-hybridized carbons (Fsp3) is 0.192. The molecule has 0 radical (unpaired) electrons. The molecule has 0 saturated heterocycles. The highest BCUT2D eigenvalue weighted by atomic mass is 16.2. The number of likely N-dealkylation sites (N-methyl/N-ethyl adjacent to an activating group) is 1. The Kier molecular flexibility index (Phi) is 5.14. The molecule has 10 nitrogen and oxygen atoms in total. The van der Waals surface area contributed by atoms with E-state index in [9.17, 15) is 4.79 Å². The molecule has 3 N–H and O–H groups in total. The van der Waals surface area contributed by atoms with Gasteiger partial charge in [0.1, 0.15) is 18.2 Å². The second-order valence-electron chi connectivity index (χ2n) is 8.95. The van der Waals surface area contributed by atoms with Crippen molar-refractivity contribution >= 4 is 34.1 Å². The number of carbonyl (C=O) groups is 1. The average Bonchev–Trinajstić information content (AvgIpc) is 3.50. The minimum atomic E-state index is 0.0506. The van der Waals surface area contributed by atoms with Crippen LogP contribution in [0.25, 0.3) is 27.7 Å². The van der Waals surface area contributed by atoms with Crippen LogP contribution in [-0.4, -0.2) is 53.9 Å². The smallest absolute Gasteiger partial charge is 0.244 e. The molecular weight excluding hydrogens is 454 g/mol. The fourth-order valence-corrected chi connectivity index (χ4v) is 4.58. The van der Waals surface area contributed by atoms with Crippen molar-refractivity contribution in [1.82, 2.24) is 34.4 Å². The molecule has 0 unspecified atom stereocenters. The van der Waals surface area contributed by atoms with Gasteiger partial charge in [0.25, 0.3) is 0 Å². The number of hydrogen-bond donors (Lipinski definition) is 2. The van der Waals surface area contributed by atoms with Crippen molar-refractivity contribution < 1.29 is 4.79 Å². The quantitative estimate of drug-likeness (QED) is 0.406. The zero-order chi connectivity index (χ0) is 24.8. The number of nitrogens with zero attached hydrogens (tertiary/aromatic N) is 7. The number of pyridine rings is 2. The van der Waals surface area contributed by atoms with Gasteiger partial charge < -0.3 is 16.0 Å². The molecule has 0 bridgehead atoms. The van der Waals surface area contributed by atoms with Crippen LogP contribution in [0.3, 0.4) is 0 Å². The number of nitrogen functional groups attached to an aromatic ring is 1. The van der Waals surface area contributed by atoms with Crippen molar-refractivity contribution in [2.45, 2.75) is 19.9 Å². The first-order valence-electron chi connectivity index (χ1n) is 11.7. The highest BCUT2D eigenvalue weighted by molar-refractivity contribution is 5.95. The summed E-state index contributed by atoms with van der Waals surface area (Å²) in [6, 6.07) is 13.9. The molecule has 5 heterocycles. The van der Waals surface area contributed by atoms with E-state index in [-0.39, 0.29) is 12.5 Å². The summed E-state index contributed by atoms with van der Waals surface area (Å²) in [6.45, 7) is 2.97. The van der Waals surface area contributed by atoms with Gasteiger partial charge in [-0.05, 0) is 42.1 Å². The van der Waals surface area contributed by atoms with Crippen LogP contribution >= 0.6 is 0 Å². The van der Waals surface area contributed by atoms with Crippen LogP contribution in [0.4, 0.5) is 17.5 Å². The Hall–Kier alpha value is -4.73. The maximum Gasteiger partial charge on any atom is 0.244 e. The Balaban J connectivity index is 1.34. The van der Waals surface area contributed by atoms with Gasteiger partial charge in [0.15, 0.2) is 5.82 Å². The molecule has 1 aliphatic heterocycles. The first-order valence-corrected chi connectivity index (χ1v) is 11.7. The lowest BCUT2D eigenvalue weighted by Crippen LogP contribution is -2.29. The van der Waals surface area contributed by atoms with Crippen LogP contribution in [0.1, 0.15) is 11.3 Å². The Morgan fingerprint density at radius 1 is 1.11 bits per heavy atom. The van der Waals surface area contributed by atoms with E-state index in [1.807, 2.05) is 60.4 Å². The monoisotopic (exact) mass is 479 g/mol. The molecule has 36 heavy (non-hydrogen) atoms. The molecule has 180 valence electrons. The van der Waals surface area contributed by atoms with Crippen LogP contribution in [0, 0.1) is 6.92 Å². The van der Waals surface area contributed by atoms with Gasteiger partial charge in [-0.3, -0.25) is 9.48 Å². The lowest BCUT2D eigenvalue weighted by atomic mass is 10.0. The Morgan fingerprint density at radius 2 is 2.00 bits per heavy atom. The minimum Gasteiger partial charge on any atom is -0.383 e. The summed E-state index contributed by atoms with van der Waals surface area (Å²) in [5.74, 6) is 1.76. The molecule has 4 aromatic heterocycles. The van der Waals surface area contributed by atoms with Crippen molar-refractivity contribution in [3.8, 4) is 16.9 Å². The number of nitrogens with two attached hydrogens (primary N) is 1. The summed E-state index contributed by atoms with van der Waals surface area (Å²) in [4.78, 5) is 23.1.